The number of ether oxygens (including phenoxy) is 1. The number of hydrogen-bond donors (Lipinski definition) is 2. The summed E-state index contributed by atoms with van der Waals surface area (Å²) in [7, 11) is 0. The van der Waals surface area contributed by atoms with Gasteiger partial charge in [0.15, 0.2) is 11.5 Å². The number of nitrogens with zero attached hydrogens (tertiary/aromatic N) is 4. The van der Waals surface area contributed by atoms with Crippen LogP contribution in [0.25, 0.3) is 5.65 Å². The number of fused-ring (bicyclic) bond motifs is 2. The van der Waals surface area contributed by atoms with Gasteiger partial charge in [-0.3, -0.25) is 14.5 Å². The highest BCUT2D eigenvalue weighted by atomic mass is 19.4. The third kappa shape index (κ3) is 3.94. The summed E-state index contributed by atoms with van der Waals surface area (Å²) in [6.07, 6.45) is -1.33. The SMILES string of the molecule is C[C@@H](C1CC1)N1Cc2cc(C(=O)c3ccn4nc(N)c(C(N)=O)c4n3)cc(OC(F)(F)F)c2C1. The number of benzene rings is 1. The quantitative estimate of drug-likeness (QED) is 0.526. The maximum atomic E-state index is 13.2. The van der Waals surface area contributed by atoms with Gasteiger partial charge in [-0.25, -0.2) is 9.50 Å². The lowest BCUT2D eigenvalue weighted by molar-refractivity contribution is -0.274. The highest BCUT2D eigenvalue weighted by Gasteiger charge is 2.38. The Hall–Kier alpha value is -3.67. The molecule has 9 nitrogen and oxygen atoms in total. The van der Waals surface area contributed by atoms with Crippen molar-refractivity contribution >= 4 is 23.2 Å². The van der Waals surface area contributed by atoms with E-state index in [0.29, 0.717) is 30.1 Å². The molecule has 3 aromatic rings. The second kappa shape index (κ2) is 7.69. The van der Waals surface area contributed by atoms with E-state index >= 15 is 0 Å². The van der Waals surface area contributed by atoms with Crippen molar-refractivity contribution in [1.29, 1.82) is 0 Å². The fourth-order valence-electron chi connectivity index (χ4n) is 4.47. The van der Waals surface area contributed by atoms with Gasteiger partial charge in [0, 0.05) is 36.5 Å². The predicted molar refractivity (Wildman–Crippen MR) is 114 cm³/mol. The molecule has 0 bridgehead atoms. The zero-order valence-electron chi connectivity index (χ0n) is 18.1. The number of ketones is 1. The molecule has 0 spiro atoms. The first-order chi connectivity index (χ1) is 16.0. The third-order valence-electron chi connectivity index (χ3n) is 6.40. The fraction of sp³-hybridized carbons (Fsp3) is 0.364. The Labute approximate surface area is 191 Å². The smallest absolute Gasteiger partial charge is 0.405 e. The van der Waals surface area contributed by atoms with E-state index in [9.17, 15) is 22.8 Å². The number of halogens is 3. The molecule has 0 radical (unpaired) electrons. The van der Waals surface area contributed by atoms with Crippen LogP contribution in [0.4, 0.5) is 19.0 Å². The molecule has 2 aliphatic rings. The highest BCUT2D eigenvalue weighted by molar-refractivity contribution is 6.09. The Morgan fingerprint density at radius 1 is 1.24 bits per heavy atom. The Morgan fingerprint density at radius 2 is 1.97 bits per heavy atom. The molecule has 12 heteroatoms. The van der Waals surface area contributed by atoms with Crippen LogP contribution in [0, 0.1) is 5.92 Å². The molecule has 3 heterocycles. The minimum absolute atomic E-state index is 0.0103. The van der Waals surface area contributed by atoms with Crippen LogP contribution in [0.5, 0.6) is 5.75 Å². The van der Waals surface area contributed by atoms with Gasteiger partial charge >= 0.3 is 6.36 Å². The van der Waals surface area contributed by atoms with Crippen LogP contribution in [0.2, 0.25) is 0 Å². The van der Waals surface area contributed by atoms with Gasteiger partial charge in [0.2, 0.25) is 5.78 Å². The molecule has 1 aromatic carbocycles. The maximum Gasteiger partial charge on any atom is 0.573 e. The van der Waals surface area contributed by atoms with Crippen LogP contribution in [0.3, 0.4) is 0 Å². The van der Waals surface area contributed by atoms with Crippen molar-refractivity contribution in [2.75, 3.05) is 5.73 Å². The van der Waals surface area contributed by atoms with E-state index in [1.165, 1.54) is 16.8 Å². The molecule has 1 fully saturated rings. The fourth-order valence-corrected chi connectivity index (χ4v) is 4.47. The minimum Gasteiger partial charge on any atom is -0.405 e. The molecule has 2 aromatic heterocycles. The Morgan fingerprint density at radius 3 is 2.62 bits per heavy atom. The first kappa shape index (κ1) is 22.1. The molecule has 0 unspecified atom stereocenters. The summed E-state index contributed by atoms with van der Waals surface area (Å²) in [6.45, 7) is 2.79. The highest BCUT2D eigenvalue weighted by Crippen LogP contribution is 2.41. The molecule has 1 atom stereocenters. The second-order valence-corrected chi connectivity index (χ2v) is 8.68. The van der Waals surface area contributed by atoms with E-state index < -0.39 is 23.8 Å². The van der Waals surface area contributed by atoms with E-state index in [0.717, 1.165) is 18.9 Å². The van der Waals surface area contributed by atoms with Gasteiger partial charge in [-0.2, -0.15) is 0 Å². The number of carbonyl (C=O) groups excluding carboxylic acids is 2. The summed E-state index contributed by atoms with van der Waals surface area (Å²) in [4.78, 5) is 31.2. The first-order valence-corrected chi connectivity index (χ1v) is 10.7. The molecule has 5 rings (SSSR count). The van der Waals surface area contributed by atoms with Crippen molar-refractivity contribution in [2.45, 2.75) is 45.3 Å². The second-order valence-electron chi connectivity index (χ2n) is 8.68. The van der Waals surface area contributed by atoms with Crippen molar-refractivity contribution in [3.63, 3.8) is 0 Å². The van der Waals surface area contributed by atoms with Crippen molar-refractivity contribution in [3.8, 4) is 5.75 Å². The number of primary amides is 1. The number of hydrogen-bond acceptors (Lipinski definition) is 7. The van der Waals surface area contributed by atoms with Crippen molar-refractivity contribution in [2.24, 2.45) is 11.7 Å². The van der Waals surface area contributed by atoms with E-state index in [2.05, 4.69) is 26.6 Å². The van der Waals surface area contributed by atoms with Gasteiger partial charge in [-0.1, -0.05) is 0 Å². The Bertz CT molecular complexity index is 1330. The molecule has 178 valence electrons. The van der Waals surface area contributed by atoms with Crippen LogP contribution < -0.4 is 16.2 Å². The molecule has 1 aliphatic heterocycles. The zero-order chi connectivity index (χ0) is 24.4. The number of alkyl halides is 3. The summed E-state index contributed by atoms with van der Waals surface area (Å²) in [5.74, 6) is -1.52. The average molecular weight is 474 g/mol. The largest absolute Gasteiger partial charge is 0.573 e. The van der Waals surface area contributed by atoms with Gasteiger partial charge in [-0.15, -0.1) is 18.3 Å². The Balaban J connectivity index is 1.54. The lowest BCUT2D eigenvalue weighted by Gasteiger charge is -2.23. The molecule has 1 amide bonds. The summed E-state index contributed by atoms with van der Waals surface area (Å²) < 4.78 is 45.0. The normalized spacial score (nSPS) is 17.1. The summed E-state index contributed by atoms with van der Waals surface area (Å²) in [5, 5.41) is 3.92. The number of amides is 1. The molecule has 1 saturated carbocycles. The van der Waals surface area contributed by atoms with Gasteiger partial charge in [0.25, 0.3) is 5.91 Å². The lowest BCUT2D eigenvalue weighted by Crippen LogP contribution is -2.29. The van der Waals surface area contributed by atoms with Crippen LogP contribution in [-0.2, 0) is 13.1 Å². The number of nitrogen functional groups attached to an aromatic ring is 1. The number of rotatable bonds is 6. The van der Waals surface area contributed by atoms with Crippen LogP contribution in [0.15, 0.2) is 24.4 Å². The van der Waals surface area contributed by atoms with Gasteiger partial charge in [-0.05, 0) is 49.4 Å². The number of anilines is 1. The lowest BCUT2D eigenvalue weighted by atomic mass is 10.0. The van der Waals surface area contributed by atoms with Crippen LogP contribution >= 0.6 is 0 Å². The zero-order valence-corrected chi connectivity index (χ0v) is 18.1. The van der Waals surface area contributed by atoms with Gasteiger partial charge in [0.05, 0.1) is 0 Å². The summed E-state index contributed by atoms with van der Waals surface area (Å²) in [5.41, 5.74) is 11.8. The van der Waals surface area contributed by atoms with Crippen molar-refractivity contribution in [1.82, 2.24) is 19.5 Å². The van der Waals surface area contributed by atoms with E-state index in [1.54, 1.807) is 6.07 Å². The standard InChI is InChI=1S/C22H21F3N6O3/c1-10(11-2-3-11)30-8-13-6-12(7-16(14(13)9-30)34-22(23,24)25)18(32)15-4-5-31-21(28-15)17(20(27)33)19(26)29-31/h4-7,10-11H,2-3,8-9H2,1H3,(H2,26,29)(H2,27,33)/t10-/m0/s1. The summed E-state index contributed by atoms with van der Waals surface area (Å²) in [6, 6.07) is 4.22. The van der Waals surface area contributed by atoms with E-state index in [4.69, 9.17) is 11.5 Å². The minimum atomic E-state index is -4.91. The molecule has 4 N–H and O–H groups in total. The monoisotopic (exact) mass is 474 g/mol. The average Bonchev–Trinajstić information content (AvgIpc) is 3.41. The molecular weight excluding hydrogens is 453 g/mol. The number of nitrogens with two attached hydrogens (primary N) is 2. The number of aromatic nitrogens is 3. The topological polar surface area (TPSA) is 129 Å². The maximum absolute atomic E-state index is 13.2. The van der Waals surface area contributed by atoms with Crippen LogP contribution in [-0.4, -0.2) is 43.6 Å². The van der Waals surface area contributed by atoms with Crippen molar-refractivity contribution in [3.05, 3.63) is 52.3 Å². The third-order valence-corrected chi connectivity index (χ3v) is 6.40. The van der Waals surface area contributed by atoms with Gasteiger partial charge < -0.3 is 16.2 Å². The molecule has 34 heavy (non-hydrogen) atoms. The first-order valence-electron chi connectivity index (χ1n) is 10.7. The van der Waals surface area contributed by atoms with E-state index in [-0.39, 0.29) is 34.3 Å². The van der Waals surface area contributed by atoms with E-state index in [1.807, 2.05) is 0 Å². The van der Waals surface area contributed by atoms with Gasteiger partial charge in [0.1, 0.15) is 17.0 Å². The molecule has 0 saturated heterocycles. The molecule has 1 aliphatic carbocycles. The van der Waals surface area contributed by atoms with Crippen molar-refractivity contribution < 1.29 is 27.5 Å². The number of carbonyl (C=O) groups is 2. The molecular formula is C22H21F3N6O3. The predicted octanol–water partition coefficient (Wildman–Crippen LogP) is 2.65. The Kier molecular flexibility index (Phi) is 5.01. The summed E-state index contributed by atoms with van der Waals surface area (Å²) >= 11 is 0. The van der Waals surface area contributed by atoms with Crippen LogP contribution in [0.1, 0.15) is 57.3 Å².